The van der Waals surface area contributed by atoms with Crippen LogP contribution in [0.2, 0.25) is 0 Å². The van der Waals surface area contributed by atoms with Gasteiger partial charge >= 0.3 is 0 Å². The summed E-state index contributed by atoms with van der Waals surface area (Å²) < 4.78 is 32.5. The molecule has 4 heterocycles. The van der Waals surface area contributed by atoms with E-state index < -0.39 is 9.84 Å². The molecule has 142 valence electrons. The van der Waals surface area contributed by atoms with E-state index >= 15 is 0 Å². The maximum Gasteiger partial charge on any atom is 0.210 e. The van der Waals surface area contributed by atoms with Crippen LogP contribution in [0.4, 0.5) is 11.4 Å². The summed E-state index contributed by atoms with van der Waals surface area (Å²) in [5, 5.41) is 0. The third-order valence-electron chi connectivity index (χ3n) is 6.25. The lowest BCUT2D eigenvalue weighted by Gasteiger charge is -2.44. The van der Waals surface area contributed by atoms with Gasteiger partial charge in [0.1, 0.15) is 0 Å². The quantitative estimate of drug-likeness (QED) is 0.813. The standard InChI is InChI=1S/C21H24N2O3S/c1-22-17-4-2-3-5-20(17)27(24,25)21-12-15(6-7-18(21)22)14-26-19-13-23-10-8-16(19)9-11-23/h2-7,12,16,19H,8-11,13-14H2,1H3. The maximum absolute atomic E-state index is 13.1. The van der Waals surface area contributed by atoms with Crippen molar-refractivity contribution in [3.05, 3.63) is 48.0 Å². The minimum absolute atomic E-state index is 0.267. The van der Waals surface area contributed by atoms with Gasteiger partial charge in [0.2, 0.25) is 9.84 Å². The van der Waals surface area contributed by atoms with Crippen LogP contribution in [0.3, 0.4) is 0 Å². The second-order valence-electron chi connectivity index (χ2n) is 7.82. The first-order valence-corrected chi connectivity index (χ1v) is 11.1. The summed E-state index contributed by atoms with van der Waals surface area (Å²) in [5.41, 5.74) is 2.36. The number of sulfone groups is 1. The number of hydrogen-bond donors (Lipinski definition) is 0. The average molecular weight is 385 g/mol. The van der Waals surface area contributed by atoms with E-state index in [-0.39, 0.29) is 6.10 Å². The Morgan fingerprint density at radius 2 is 1.78 bits per heavy atom. The molecule has 1 atom stereocenters. The topological polar surface area (TPSA) is 49.9 Å². The van der Waals surface area contributed by atoms with E-state index in [4.69, 9.17) is 4.74 Å². The molecule has 2 aromatic carbocycles. The molecule has 0 aliphatic carbocycles. The summed E-state index contributed by atoms with van der Waals surface area (Å²) in [6.45, 7) is 3.84. The van der Waals surface area contributed by atoms with Crippen LogP contribution in [0.1, 0.15) is 18.4 Å². The SMILES string of the molecule is CN1c2ccccc2S(=O)(=O)c2cc(COC3CN4CCC3CC4)ccc21. The Balaban J connectivity index is 1.42. The minimum Gasteiger partial charge on any atom is -0.372 e. The number of para-hydroxylation sites is 1. The molecule has 0 aromatic heterocycles. The van der Waals surface area contributed by atoms with Gasteiger partial charge in [-0.25, -0.2) is 8.42 Å². The van der Waals surface area contributed by atoms with E-state index in [0.29, 0.717) is 22.3 Å². The Bertz CT molecular complexity index is 981. The summed E-state index contributed by atoms with van der Waals surface area (Å²) in [6, 6.07) is 12.8. The summed E-state index contributed by atoms with van der Waals surface area (Å²) in [7, 11) is -1.60. The number of fused-ring (bicyclic) bond motifs is 5. The van der Waals surface area contributed by atoms with Gasteiger partial charge < -0.3 is 14.5 Å². The third-order valence-corrected chi connectivity index (χ3v) is 8.08. The molecule has 3 saturated heterocycles. The van der Waals surface area contributed by atoms with Gasteiger partial charge in [0.05, 0.1) is 33.9 Å². The van der Waals surface area contributed by atoms with Crippen molar-refractivity contribution in [1.29, 1.82) is 0 Å². The molecule has 4 aliphatic heterocycles. The van der Waals surface area contributed by atoms with Gasteiger partial charge in [-0.05, 0) is 61.7 Å². The molecular weight excluding hydrogens is 360 g/mol. The van der Waals surface area contributed by atoms with Crippen LogP contribution in [-0.2, 0) is 21.2 Å². The molecule has 27 heavy (non-hydrogen) atoms. The molecular formula is C21H24N2O3S. The van der Waals surface area contributed by atoms with Gasteiger partial charge in [0.25, 0.3) is 0 Å². The number of anilines is 2. The largest absolute Gasteiger partial charge is 0.372 e. The normalized spacial score (nSPS) is 27.9. The molecule has 5 nitrogen and oxygen atoms in total. The zero-order valence-electron chi connectivity index (χ0n) is 15.5. The second-order valence-corrected chi connectivity index (χ2v) is 9.71. The van der Waals surface area contributed by atoms with Crippen molar-refractivity contribution in [3.8, 4) is 0 Å². The highest BCUT2D eigenvalue weighted by Gasteiger charge is 2.35. The van der Waals surface area contributed by atoms with E-state index in [1.807, 2.05) is 36.2 Å². The number of ether oxygens (including phenoxy) is 1. The average Bonchev–Trinajstić information content (AvgIpc) is 2.72. The first-order valence-electron chi connectivity index (χ1n) is 9.59. The highest BCUT2D eigenvalue weighted by Crippen LogP contribution is 2.43. The highest BCUT2D eigenvalue weighted by atomic mass is 32.2. The van der Waals surface area contributed by atoms with E-state index in [1.54, 1.807) is 18.2 Å². The van der Waals surface area contributed by atoms with Crippen molar-refractivity contribution in [2.75, 3.05) is 31.6 Å². The molecule has 4 aliphatic rings. The van der Waals surface area contributed by atoms with E-state index in [2.05, 4.69) is 4.90 Å². The fraction of sp³-hybridized carbons (Fsp3) is 0.429. The predicted molar refractivity (Wildman–Crippen MR) is 104 cm³/mol. The molecule has 6 rings (SSSR count). The lowest BCUT2D eigenvalue weighted by Crippen LogP contribution is -2.51. The molecule has 3 fully saturated rings. The first kappa shape index (κ1) is 17.2. The van der Waals surface area contributed by atoms with Gasteiger partial charge in [0, 0.05) is 13.6 Å². The van der Waals surface area contributed by atoms with Crippen LogP contribution in [0.25, 0.3) is 0 Å². The van der Waals surface area contributed by atoms with E-state index in [0.717, 1.165) is 23.5 Å². The van der Waals surface area contributed by atoms with Gasteiger partial charge in [-0.3, -0.25) is 0 Å². The van der Waals surface area contributed by atoms with Crippen molar-refractivity contribution >= 4 is 21.2 Å². The Morgan fingerprint density at radius 1 is 1.04 bits per heavy atom. The van der Waals surface area contributed by atoms with Crippen LogP contribution >= 0.6 is 0 Å². The monoisotopic (exact) mass is 384 g/mol. The first-order chi connectivity index (χ1) is 13.0. The van der Waals surface area contributed by atoms with Crippen LogP contribution in [-0.4, -0.2) is 46.1 Å². The van der Waals surface area contributed by atoms with Crippen molar-refractivity contribution in [3.63, 3.8) is 0 Å². The molecule has 2 bridgehead atoms. The number of rotatable bonds is 3. The highest BCUT2D eigenvalue weighted by molar-refractivity contribution is 7.92. The van der Waals surface area contributed by atoms with Crippen molar-refractivity contribution < 1.29 is 13.2 Å². The smallest absolute Gasteiger partial charge is 0.210 e. The van der Waals surface area contributed by atoms with Crippen molar-refractivity contribution in [2.45, 2.75) is 35.3 Å². The molecule has 1 unspecified atom stereocenters. The Morgan fingerprint density at radius 3 is 2.52 bits per heavy atom. The van der Waals surface area contributed by atoms with Gasteiger partial charge in [-0.15, -0.1) is 0 Å². The van der Waals surface area contributed by atoms with Crippen LogP contribution in [0, 0.1) is 5.92 Å². The molecule has 0 spiro atoms. The number of piperidine rings is 3. The molecule has 6 heteroatoms. The Kier molecular flexibility index (Phi) is 4.04. The number of nitrogens with zero attached hydrogens (tertiary/aromatic N) is 2. The fourth-order valence-corrected chi connectivity index (χ4v) is 6.42. The van der Waals surface area contributed by atoms with E-state index in [1.165, 1.54) is 25.9 Å². The summed E-state index contributed by atoms with van der Waals surface area (Å²) in [5.74, 6) is 0.648. The lowest BCUT2D eigenvalue weighted by atomic mass is 9.86. The Labute approximate surface area is 160 Å². The predicted octanol–water partition coefficient (Wildman–Crippen LogP) is 3.21. The maximum atomic E-state index is 13.1. The van der Waals surface area contributed by atoms with Crippen LogP contribution < -0.4 is 4.90 Å². The van der Waals surface area contributed by atoms with Gasteiger partial charge in [0.15, 0.2) is 0 Å². The molecule has 0 N–H and O–H groups in total. The zero-order chi connectivity index (χ0) is 18.6. The van der Waals surface area contributed by atoms with Crippen molar-refractivity contribution in [1.82, 2.24) is 4.90 Å². The minimum atomic E-state index is -3.51. The molecule has 0 amide bonds. The van der Waals surface area contributed by atoms with Gasteiger partial charge in [-0.2, -0.15) is 0 Å². The third kappa shape index (κ3) is 2.78. The summed E-state index contributed by atoms with van der Waals surface area (Å²) >= 11 is 0. The summed E-state index contributed by atoms with van der Waals surface area (Å²) in [6.07, 6.45) is 2.69. The van der Waals surface area contributed by atoms with E-state index in [9.17, 15) is 8.42 Å². The molecule has 0 radical (unpaired) electrons. The Hall–Kier alpha value is -1.89. The van der Waals surface area contributed by atoms with Gasteiger partial charge in [-0.1, -0.05) is 18.2 Å². The second kappa shape index (κ2) is 6.33. The lowest BCUT2D eigenvalue weighted by molar-refractivity contribution is -0.0766. The zero-order valence-corrected chi connectivity index (χ0v) is 16.3. The number of benzene rings is 2. The van der Waals surface area contributed by atoms with Crippen LogP contribution in [0.5, 0.6) is 0 Å². The van der Waals surface area contributed by atoms with Crippen molar-refractivity contribution in [2.24, 2.45) is 5.92 Å². The number of hydrogen-bond acceptors (Lipinski definition) is 5. The fourth-order valence-electron chi connectivity index (χ4n) is 4.65. The molecule has 2 aromatic rings. The molecule has 0 saturated carbocycles. The van der Waals surface area contributed by atoms with Crippen LogP contribution in [0.15, 0.2) is 52.3 Å². The summed E-state index contributed by atoms with van der Waals surface area (Å²) in [4.78, 5) is 5.16.